The molecule has 1 aromatic carbocycles. The lowest BCUT2D eigenvalue weighted by molar-refractivity contribution is 0.356. The molecule has 0 aliphatic carbocycles. The summed E-state index contributed by atoms with van der Waals surface area (Å²) in [6, 6.07) is 5.07. The number of rotatable bonds is 3. The van der Waals surface area contributed by atoms with E-state index in [1.807, 2.05) is 0 Å². The molecular weight excluding hydrogens is 300 g/mol. The van der Waals surface area contributed by atoms with Crippen LogP contribution in [-0.4, -0.2) is 34.2 Å². The highest BCUT2D eigenvalue weighted by atomic mass is 35.5. The zero-order chi connectivity index (χ0) is 13.3. The van der Waals surface area contributed by atoms with Crippen molar-refractivity contribution in [2.75, 3.05) is 19.7 Å². The number of piperidine rings is 1. The first kappa shape index (κ1) is 15.6. The topological polar surface area (TPSA) is 67.4 Å². The Morgan fingerprint density at radius 2 is 2.20 bits per heavy atom. The standard InChI is InChI=1S/C13H18N2O3S.ClH/c16-19(17,15-11-2-1-6-14-9-11)12-3-4-13-10(8-12)5-7-18-13;/h3-4,8,11,14-15H,1-2,5-7,9H2;1H. The third kappa shape index (κ3) is 3.25. The van der Waals surface area contributed by atoms with E-state index in [0.29, 0.717) is 18.0 Å². The van der Waals surface area contributed by atoms with E-state index in [1.54, 1.807) is 18.2 Å². The number of hydrogen-bond acceptors (Lipinski definition) is 4. The van der Waals surface area contributed by atoms with Crippen molar-refractivity contribution in [3.63, 3.8) is 0 Å². The molecule has 2 heterocycles. The molecule has 2 aliphatic heterocycles. The number of nitrogens with one attached hydrogen (secondary N) is 2. The zero-order valence-electron chi connectivity index (χ0n) is 11.1. The molecule has 0 bridgehead atoms. The lowest BCUT2D eigenvalue weighted by atomic mass is 10.1. The van der Waals surface area contributed by atoms with Crippen LogP contribution in [0.25, 0.3) is 0 Å². The average molecular weight is 319 g/mol. The molecule has 1 saturated heterocycles. The van der Waals surface area contributed by atoms with Gasteiger partial charge < -0.3 is 10.1 Å². The van der Waals surface area contributed by atoms with Gasteiger partial charge in [-0.05, 0) is 43.1 Å². The Kier molecular flexibility index (Phi) is 4.90. The van der Waals surface area contributed by atoms with Gasteiger partial charge >= 0.3 is 0 Å². The first-order valence-corrected chi connectivity index (χ1v) is 8.12. The second-order valence-electron chi connectivity index (χ2n) is 5.03. The van der Waals surface area contributed by atoms with Gasteiger partial charge in [0.1, 0.15) is 5.75 Å². The van der Waals surface area contributed by atoms with Crippen LogP contribution < -0.4 is 14.8 Å². The van der Waals surface area contributed by atoms with Crippen LogP contribution >= 0.6 is 12.4 Å². The zero-order valence-corrected chi connectivity index (χ0v) is 12.7. The van der Waals surface area contributed by atoms with Gasteiger partial charge in [0.05, 0.1) is 11.5 Å². The molecule has 2 N–H and O–H groups in total. The highest BCUT2D eigenvalue weighted by Crippen LogP contribution is 2.27. The number of benzene rings is 1. The largest absolute Gasteiger partial charge is 0.493 e. The smallest absolute Gasteiger partial charge is 0.240 e. The fourth-order valence-electron chi connectivity index (χ4n) is 2.57. The van der Waals surface area contributed by atoms with Gasteiger partial charge in [-0.25, -0.2) is 13.1 Å². The highest BCUT2D eigenvalue weighted by molar-refractivity contribution is 7.89. The van der Waals surface area contributed by atoms with E-state index in [2.05, 4.69) is 10.0 Å². The molecule has 1 unspecified atom stereocenters. The Labute approximate surface area is 125 Å². The average Bonchev–Trinajstić information content (AvgIpc) is 2.86. The lowest BCUT2D eigenvalue weighted by Crippen LogP contribution is -2.45. The monoisotopic (exact) mass is 318 g/mol. The van der Waals surface area contributed by atoms with E-state index < -0.39 is 10.0 Å². The molecule has 7 heteroatoms. The van der Waals surface area contributed by atoms with Gasteiger partial charge in [-0.3, -0.25) is 0 Å². The molecule has 0 aromatic heterocycles. The number of hydrogen-bond donors (Lipinski definition) is 2. The van der Waals surface area contributed by atoms with Crippen molar-refractivity contribution >= 4 is 22.4 Å². The predicted octanol–water partition coefficient (Wildman–Crippen LogP) is 1.07. The molecule has 0 saturated carbocycles. The summed E-state index contributed by atoms with van der Waals surface area (Å²) in [6.45, 7) is 2.31. The summed E-state index contributed by atoms with van der Waals surface area (Å²) < 4.78 is 32.8. The fourth-order valence-corrected chi connectivity index (χ4v) is 3.89. The fraction of sp³-hybridized carbons (Fsp3) is 0.538. The summed E-state index contributed by atoms with van der Waals surface area (Å²) >= 11 is 0. The molecular formula is C13H19ClN2O3S. The van der Waals surface area contributed by atoms with Crippen molar-refractivity contribution < 1.29 is 13.2 Å². The van der Waals surface area contributed by atoms with Crippen LogP contribution in [0.3, 0.4) is 0 Å². The molecule has 0 spiro atoms. The van der Waals surface area contributed by atoms with E-state index in [-0.39, 0.29) is 18.4 Å². The van der Waals surface area contributed by atoms with Crippen LogP contribution in [0, 0.1) is 0 Å². The van der Waals surface area contributed by atoms with E-state index in [1.165, 1.54) is 0 Å². The molecule has 1 aromatic rings. The second kappa shape index (κ2) is 6.30. The summed E-state index contributed by atoms with van der Waals surface area (Å²) in [5.41, 5.74) is 0.977. The van der Waals surface area contributed by atoms with Crippen molar-refractivity contribution in [3.8, 4) is 5.75 Å². The first-order valence-electron chi connectivity index (χ1n) is 6.64. The summed E-state index contributed by atoms with van der Waals surface area (Å²) in [6.07, 6.45) is 2.68. The van der Waals surface area contributed by atoms with Gasteiger partial charge in [0.2, 0.25) is 10.0 Å². The number of ether oxygens (including phenoxy) is 1. The van der Waals surface area contributed by atoms with E-state index in [0.717, 1.165) is 37.1 Å². The maximum atomic E-state index is 12.3. The van der Waals surface area contributed by atoms with E-state index in [9.17, 15) is 8.42 Å². The minimum atomic E-state index is -3.43. The Morgan fingerprint density at radius 3 is 2.95 bits per heavy atom. The van der Waals surface area contributed by atoms with Crippen LogP contribution in [0.4, 0.5) is 0 Å². The van der Waals surface area contributed by atoms with E-state index in [4.69, 9.17) is 4.74 Å². The van der Waals surface area contributed by atoms with Crippen molar-refractivity contribution in [1.29, 1.82) is 0 Å². The van der Waals surface area contributed by atoms with Crippen LogP contribution in [0.5, 0.6) is 5.75 Å². The molecule has 5 nitrogen and oxygen atoms in total. The Hall–Kier alpha value is -0.820. The van der Waals surface area contributed by atoms with Gasteiger partial charge in [0.15, 0.2) is 0 Å². The number of fused-ring (bicyclic) bond motifs is 1. The highest BCUT2D eigenvalue weighted by Gasteiger charge is 2.23. The van der Waals surface area contributed by atoms with Gasteiger partial charge in [0, 0.05) is 19.0 Å². The molecule has 0 amide bonds. The summed E-state index contributed by atoms with van der Waals surface area (Å²) in [4.78, 5) is 0.335. The lowest BCUT2D eigenvalue weighted by Gasteiger charge is -2.23. The Morgan fingerprint density at radius 1 is 1.35 bits per heavy atom. The second-order valence-corrected chi connectivity index (χ2v) is 6.75. The minimum Gasteiger partial charge on any atom is -0.493 e. The summed E-state index contributed by atoms with van der Waals surface area (Å²) in [5, 5.41) is 3.20. The minimum absolute atomic E-state index is 0. The third-order valence-corrected chi connectivity index (χ3v) is 5.11. The van der Waals surface area contributed by atoms with Crippen molar-refractivity contribution in [2.45, 2.75) is 30.2 Å². The molecule has 2 aliphatic rings. The number of halogens is 1. The van der Waals surface area contributed by atoms with Crippen molar-refractivity contribution in [3.05, 3.63) is 23.8 Å². The van der Waals surface area contributed by atoms with Crippen LogP contribution in [0.1, 0.15) is 18.4 Å². The third-order valence-electron chi connectivity index (χ3n) is 3.59. The Bertz CT molecular complexity index is 571. The van der Waals surface area contributed by atoms with Gasteiger partial charge in [-0.15, -0.1) is 12.4 Å². The maximum absolute atomic E-state index is 12.3. The Balaban J connectivity index is 0.00000147. The quantitative estimate of drug-likeness (QED) is 0.875. The van der Waals surface area contributed by atoms with Crippen LogP contribution in [0.15, 0.2) is 23.1 Å². The van der Waals surface area contributed by atoms with Gasteiger partial charge in [-0.2, -0.15) is 0 Å². The normalized spacial score (nSPS) is 21.7. The molecule has 1 fully saturated rings. The van der Waals surface area contributed by atoms with Gasteiger partial charge in [-0.1, -0.05) is 0 Å². The van der Waals surface area contributed by atoms with Gasteiger partial charge in [0.25, 0.3) is 0 Å². The SMILES string of the molecule is Cl.O=S(=O)(NC1CCCNC1)c1ccc2c(c1)CCO2. The summed E-state index contributed by atoms with van der Waals surface area (Å²) in [7, 11) is -3.43. The summed E-state index contributed by atoms with van der Waals surface area (Å²) in [5.74, 6) is 0.804. The molecule has 20 heavy (non-hydrogen) atoms. The number of sulfonamides is 1. The van der Waals surface area contributed by atoms with Crippen LogP contribution in [0.2, 0.25) is 0 Å². The van der Waals surface area contributed by atoms with Crippen LogP contribution in [-0.2, 0) is 16.4 Å². The van der Waals surface area contributed by atoms with E-state index >= 15 is 0 Å². The maximum Gasteiger partial charge on any atom is 0.240 e. The molecule has 3 rings (SSSR count). The van der Waals surface area contributed by atoms with Crippen molar-refractivity contribution in [1.82, 2.24) is 10.0 Å². The van der Waals surface area contributed by atoms with Crippen molar-refractivity contribution in [2.24, 2.45) is 0 Å². The predicted molar refractivity (Wildman–Crippen MR) is 79.1 cm³/mol. The molecule has 1 atom stereocenters. The first-order chi connectivity index (χ1) is 9.15. The molecule has 112 valence electrons. The molecule has 0 radical (unpaired) electrons.